The number of hydrogen-bond acceptors (Lipinski definition) is 4. The van der Waals surface area contributed by atoms with Crippen LogP contribution in [0.15, 0.2) is 29.1 Å². The van der Waals surface area contributed by atoms with Crippen molar-refractivity contribution in [1.82, 2.24) is 19.2 Å². The van der Waals surface area contributed by atoms with Crippen LogP contribution >= 0.6 is 0 Å². The molecule has 27 heavy (non-hydrogen) atoms. The SMILES string of the molecule is O=C(c1ccc(F)cc1)C1CN(C(=O)Cn2nc3n(c2=O)CCCCC3)C1. The molecule has 2 aliphatic heterocycles. The molecule has 0 N–H and O–H groups in total. The largest absolute Gasteiger partial charge is 0.346 e. The highest BCUT2D eigenvalue weighted by molar-refractivity contribution is 5.99. The maximum atomic E-state index is 13.0. The summed E-state index contributed by atoms with van der Waals surface area (Å²) in [5.41, 5.74) is 0.210. The Morgan fingerprint density at radius 1 is 1.11 bits per heavy atom. The van der Waals surface area contributed by atoms with Crippen LogP contribution in [0.4, 0.5) is 4.39 Å². The zero-order valence-corrected chi connectivity index (χ0v) is 14.9. The lowest BCUT2D eigenvalue weighted by Crippen LogP contribution is -2.54. The zero-order valence-electron chi connectivity index (χ0n) is 14.9. The van der Waals surface area contributed by atoms with E-state index in [2.05, 4.69) is 5.10 Å². The van der Waals surface area contributed by atoms with Gasteiger partial charge in [-0.25, -0.2) is 13.9 Å². The molecule has 2 aliphatic rings. The molecule has 0 bridgehead atoms. The fraction of sp³-hybridized carbons (Fsp3) is 0.474. The summed E-state index contributed by atoms with van der Waals surface area (Å²) >= 11 is 0. The van der Waals surface area contributed by atoms with Gasteiger partial charge in [-0.05, 0) is 37.1 Å². The van der Waals surface area contributed by atoms with Gasteiger partial charge < -0.3 is 4.90 Å². The van der Waals surface area contributed by atoms with Gasteiger partial charge in [0.05, 0.1) is 5.92 Å². The lowest BCUT2D eigenvalue weighted by atomic mass is 9.90. The van der Waals surface area contributed by atoms with Crippen LogP contribution in [-0.2, 0) is 24.3 Å². The van der Waals surface area contributed by atoms with Crippen molar-refractivity contribution >= 4 is 11.7 Å². The first kappa shape index (κ1) is 17.6. The van der Waals surface area contributed by atoms with E-state index in [-0.39, 0.29) is 35.7 Å². The molecule has 0 spiro atoms. The van der Waals surface area contributed by atoms with Gasteiger partial charge in [-0.15, -0.1) is 0 Å². The molecule has 7 nitrogen and oxygen atoms in total. The van der Waals surface area contributed by atoms with Crippen LogP contribution in [0, 0.1) is 11.7 Å². The average Bonchev–Trinajstić information content (AvgIpc) is 2.78. The Labute approximate surface area is 155 Å². The van der Waals surface area contributed by atoms with Crippen molar-refractivity contribution in [3.8, 4) is 0 Å². The van der Waals surface area contributed by atoms with Gasteiger partial charge in [-0.2, -0.15) is 5.10 Å². The van der Waals surface area contributed by atoms with E-state index >= 15 is 0 Å². The quantitative estimate of drug-likeness (QED) is 0.757. The highest BCUT2D eigenvalue weighted by Gasteiger charge is 2.36. The summed E-state index contributed by atoms with van der Waals surface area (Å²) in [6.45, 7) is 1.19. The van der Waals surface area contributed by atoms with Crippen LogP contribution < -0.4 is 5.69 Å². The number of carbonyl (C=O) groups excluding carboxylic acids is 2. The highest BCUT2D eigenvalue weighted by Crippen LogP contribution is 2.21. The Bertz CT molecular complexity index is 925. The number of hydrogen-bond donors (Lipinski definition) is 0. The van der Waals surface area contributed by atoms with Crippen molar-refractivity contribution in [3.63, 3.8) is 0 Å². The predicted octanol–water partition coefficient (Wildman–Crippen LogP) is 1.25. The number of fused-ring (bicyclic) bond motifs is 1. The van der Waals surface area contributed by atoms with E-state index in [1.54, 1.807) is 9.47 Å². The van der Waals surface area contributed by atoms with Gasteiger partial charge in [0, 0.05) is 31.6 Å². The van der Waals surface area contributed by atoms with E-state index < -0.39 is 0 Å². The molecule has 0 saturated carbocycles. The summed E-state index contributed by atoms with van der Waals surface area (Å²) in [4.78, 5) is 38.8. The molecule has 1 amide bonds. The number of rotatable bonds is 4. The summed E-state index contributed by atoms with van der Waals surface area (Å²) in [5.74, 6) is -0.229. The predicted molar refractivity (Wildman–Crippen MR) is 94.8 cm³/mol. The van der Waals surface area contributed by atoms with E-state index in [0.717, 1.165) is 31.5 Å². The third-order valence-corrected chi connectivity index (χ3v) is 5.30. The average molecular weight is 372 g/mol. The van der Waals surface area contributed by atoms with E-state index in [4.69, 9.17) is 0 Å². The van der Waals surface area contributed by atoms with Crippen molar-refractivity contribution in [2.75, 3.05) is 13.1 Å². The molecule has 1 aromatic carbocycles. The summed E-state index contributed by atoms with van der Waals surface area (Å²) < 4.78 is 15.9. The van der Waals surface area contributed by atoms with Crippen molar-refractivity contribution in [2.45, 2.75) is 38.8 Å². The van der Waals surface area contributed by atoms with Crippen LogP contribution in [0.1, 0.15) is 35.4 Å². The van der Waals surface area contributed by atoms with Gasteiger partial charge in [0.25, 0.3) is 0 Å². The lowest BCUT2D eigenvalue weighted by Gasteiger charge is -2.38. The highest BCUT2D eigenvalue weighted by atomic mass is 19.1. The van der Waals surface area contributed by atoms with Crippen molar-refractivity contribution in [1.29, 1.82) is 0 Å². The summed E-state index contributed by atoms with van der Waals surface area (Å²) in [6.07, 6.45) is 3.79. The number of likely N-dealkylation sites (tertiary alicyclic amines) is 1. The van der Waals surface area contributed by atoms with Crippen LogP contribution in [-0.4, -0.2) is 44.0 Å². The standard InChI is InChI=1S/C19H21FN4O3/c20-15-7-5-13(6-8-15)18(26)14-10-22(11-14)17(25)12-24-19(27)23-9-3-1-2-4-16(23)21-24/h5-8,14H,1-4,9-12H2. The molecule has 142 valence electrons. The number of nitrogens with zero attached hydrogens (tertiary/aromatic N) is 4. The number of benzene rings is 1. The Balaban J connectivity index is 1.36. The summed E-state index contributed by atoms with van der Waals surface area (Å²) in [5, 5.41) is 4.32. The van der Waals surface area contributed by atoms with E-state index in [1.165, 1.54) is 28.9 Å². The van der Waals surface area contributed by atoms with E-state index in [1.807, 2.05) is 0 Å². The third kappa shape index (κ3) is 3.43. The molecule has 4 rings (SSSR count). The number of carbonyl (C=O) groups is 2. The Morgan fingerprint density at radius 2 is 1.85 bits per heavy atom. The second-order valence-corrected chi connectivity index (χ2v) is 7.19. The van der Waals surface area contributed by atoms with Crippen molar-refractivity contribution in [3.05, 3.63) is 52.0 Å². The van der Waals surface area contributed by atoms with Gasteiger partial charge in [-0.3, -0.25) is 14.2 Å². The van der Waals surface area contributed by atoms with Gasteiger partial charge in [0.15, 0.2) is 5.78 Å². The second-order valence-electron chi connectivity index (χ2n) is 7.19. The number of ketones is 1. The first-order valence-corrected chi connectivity index (χ1v) is 9.27. The van der Waals surface area contributed by atoms with Crippen LogP contribution in [0.3, 0.4) is 0 Å². The van der Waals surface area contributed by atoms with Crippen molar-refractivity contribution in [2.24, 2.45) is 5.92 Å². The van der Waals surface area contributed by atoms with Gasteiger partial charge in [0.1, 0.15) is 18.2 Å². The third-order valence-electron chi connectivity index (χ3n) is 5.30. The van der Waals surface area contributed by atoms with E-state index in [0.29, 0.717) is 25.2 Å². The molecule has 0 atom stereocenters. The second kappa shape index (κ2) is 7.09. The molecule has 1 aromatic heterocycles. The molecule has 1 saturated heterocycles. The molecule has 2 aromatic rings. The monoisotopic (exact) mass is 372 g/mol. The summed E-state index contributed by atoms with van der Waals surface area (Å²) in [7, 11) is 0. The number of halogens is 1. The molecule has 1 fully saturated rings. The molecule has 8 heteroatoms. The molecular formula is C19H21FN4O3. The molecule has 0 radical (unpaired) electrons. The molecule has 3 heterocycles. The molecule has 0 unspecified atom stereocenters. The minimum Gasteiger partial charge on any atom is -0.339 e. The number of aromatic nitrogens is 3. The molecule has 0 aliphatic carbocycles. The topological polar surface area (TPSA) is 77.2 Å². The first-order valence-electron chi connectivity index (χ1n) is 9.27. The van der Waals surface area contributed by atoms with Crippen molar-refractivity contribution < 1.29 is 14.0 Å². The van der Waals surface area contributed by atoms with Gasteiger partial charge in [0.2, 0.25) is 5.91 Å². The smallest absolute Gasteiger partial charge is 0.339 e. The van der Waals surface area contributed by atoms with Crippen LogP contribution in [0.2, 0.25) is 0 Å². The van der Waals surface area contributed by atoms with Gasteiger partial charge in [-0.1, -0.05) is 6.42 Å². The minimum absolute atomic E-state index is 0.0927. The Kier molecular flexibility index (Phi) is 4.63. The normalized spacial score (nSPS) is 17.1. The van der Waals surface area contributed by atoms with Crippen LogP contribution in [0.25, 0.3) is 0 Å². The fourth-order valence-electron chi connectivity index (χ4n) is 3.65. The first-order chi connectivity index (χ1) is 13.0. The fourth-order valence-corrected chi connectivity index (χ4v) is 3.65. The maximum absolute atomic E-state index is 13.0. The zero-order chi connectivity index (χ0) is 19.0. The minimum atomic E-state index is -0.388. The molecular weight excluding hydrogens is 351 g/mol. The maximum Gasteiger partial charge on any atom is 0.346 e. The lowest BCUT2D eigenvalue weighted by molar-refractivity contribution is -0.137. The number of aryl methyl sites for hydroxylation is 1. The Hall–Kier alpha value is -2.77. The number of amides is 1. The van der Waals surface area contributed by atoms with Crippen LogP contribution in [0.5, 0.6) is 0 Å². The van der Waals surface area contributed by atoms with E-state index in [9.17, 15) is 18.8 Å². The summed E-state index contributed by atoms with van der Waals surface area (Å²) in [6, 6.07) is 5.42. The number of Topliss-reactive ketones (excluding diaryl/α,β-unsaturated/α-hetero) is 1. The van der Waals surface area contributed by atoms with Gasteiger partial charge >= 0.3 is 5.69 Å². The Morgan fingerprint density at radius 3 is 2.59 bits per heavy atom.